The molecular formula is C23H29N2O3+. The molecule has 28 heavy (non-hydrogen) atoms. The van der Waals surface area contributed by atoms with Crippen LogP contribution in [0.5, 0.6) is 5.75 Å². The van der Waals surface area contributed by atoms with E-state index in [0.29, 0.717) is 17.9 Å². The van der Waals surface area contributed by atoms with Crippen LogP contribution >= 0.6 is 0 Å². The first-order valence-corrected chi connectivity index (χ1v) is 9.68. The third-order valence-electron chi connectivity index (χ3n) is 5.30. The van der Waals surface area contributed by atoms with E-state index in [4.69, 9.17) is 9.15 Å². The molecule has 0 saturated carbocycles. The first-order valence-electron chi connectivity index (χ1n) is 9.68. The van der Waals surface area contributed by atoms with Gasteiger partial charge in [-0.05, 0) is 37.1 Å². The quantitative estimate of drug-likeness (QED) is 0.662. The molecule has 3 aromatic rings. The second-order valence-corrected chi connectivity index (χ2v) is 7.35. The lowest BCUT2D eigenvalue weighted by molar-refractivity contribution is -0.890. The van der Waals surface area contributed by atoms with Crippen molar-refractivity contribution in [1.29, 1.82) is 0 Å². The summed E-state index contributed by atoms with van der Waals surface area (Å²) >= 11 is 0. The number of carbonyl (C=O) groups excluding carboxylic acids is 1. The van der Waals surface area contributed by atoms with Crippen molar-refractivity contribution < 1.29 is 18.8 Å². The summed E-state index contributed by atoms with van der Waals surface area (Å²) in [4.78, 5) is 14.1. The minimum atomic E-state index is -0.191. The summed E-state index contributed by atoms with van der Waals surface area (Å²) in [6.07, 6.45) is 1.02. The molecule has 1 amide bonds. The number of nitrogens with one attached hydrogen (secondary N) is 2. The topological polar surface area (TPSA) is 55.9 Å². The fourth-order valence-corrected chi connectivity index (χ4v) is 3.46. The van der Waals surface area contributed by atoms with Crippen LogP contribution in [0.3, 0.4) is 0 Å². The normalized spacial score (nSPS) is 12.4. The zero-order valence-electron chi connectivity index (χ0n) is 17.3. The van der Waals surface area contributed by atoms with Gasteiger partial charge in [-0.1, -0.05) is 31.2 Å². The summed E-state index contributed by atoms with van der Waals surface area (Å²) in [5.74, 6) is 0.913. The molecule has 3 rings (SSSR count). The summed E-state index contributed by atoms with van der Waals surface area (Å²) < 4.78 is 11.1. The van der Waals surface area contributed by atoms with Crippen molar-refractivity contribution in [3.8, 4) is 5.75 Å². The highest BCUT2D eigenvalue weighted by Crippen LogP contribution is 2.28. The summed E-state index contributed by atoms with van der Waals surface area (Å²) in [6, 6.07) is 14.3. The highest BCUT2D eigenvalue weighted by atomic mass is 16.5. The van der Waals surface area contributed by atoms with Crippen molar-refractivity contribution in [2.45, 2.75) is 26.3 Å². The number of aryl methyl sites for hydroxylation is 2. The molecule has 1 heterocycles. The van der Waals surface area contributed by atoms with E-state index in [1.165, 1.54) is 16.0 Å². The number of ether oxygens (including phenoxy) is 1. The minimum Gasteiger partial charge on any atom is -0.497 e. The fourth-order valence-electron chi connectivity index (χ4n) is 3.46. The lowest BCUT2D eigenvalue weighted by atomic mass is 10.0. The molecular weight excluding hydrogens is 352 g/mol. The summed E-state index contributed by atoms with van der Waals surface area (Å²) in [5.41, 5.74) is 4.04. The Kier molecular flexibility index (Phi) is 6.05. The Balaban J connectivity index is 1.77. The van der Waals surface area contributed by atoms with Gasteiger partial charge in [-0.3, -0.25) is 4.79 Å². The zero-order valence-corrected chi connectivity index (χ0v) is 17.3. The molecule has 0 saturated heterocycles. The van der Waals surface area contributed by atoms with Crippen molar-refractivity contribution in [2.24, 2.45) is 0 Å². The van der Waals surface area contributed by atoms with Gasteiger partial charge in [0.25, 0.3) is 5.91 Å². The van der Waals surface area contributed by atoms with Crippen molar-refractivity contribution in [1.82, 2.24) is 5.32 Å². The molecule has 0 bridgehead atoms. The maximum atomic E-state index is 12.8. The second-order valence-electron chi connectivity index (χ2n) is 7.35. The lowest BCUT2D eigenvalue weighted by Crippen LogP contribution is -3.07. The summed E-state index contributed by atoms with van der Waals surface area (Å²) in [5, 5.41) is 3.95. The highest BCUT2D eigenvalue weighted by molar-refractivity contribution is 5.99. The van der Waals surface area contributed by atoms with E-state index in [9.17, 15) is 4.79 Å². The third-order valence-corrected chi connectivity index (χ3v) is 5.30. The summed E-state index contributed by atoms with van der Waals surface area (Å²) in [7, 11) is 5.83. The van der Waals surface area contributed by atoms with Crippen LogP contribution in [0.15, 0.2) is 46.9 Å². The number of quaternary nitrogens is 1. The Morgan fingerprint density at radius 2 is 1.89 bits per heavy atom. The Bertz CT molecular complexity index is 958. The van der Waals surface area contributed by atoms with Crippen molar-refractivity contribution in [3.63, 3.8) is 0 Å². The van der Waals surface area contributed by atoms with Crippen LogP contribution in [0, 0.1) is 6.92 Å². The van der Waals surface area contributed by atoms with E-state index in [0.717, 1.165) is 23.1 Å². The van der Waals surface area contributed by atoms with E-state index in [-0.39, 0.29) is 11.9 Å². The van der Waals surface area contributed by atoms with Gasteiger partial charge in [0.15, 0.2) is 5.76 Å². The Hall–Kier alpha value is -2.79. The van der Waals surface area contributed by atoms with Gasteiger partial charge in [0.05, 0.1) is 27.7 Å². The fraction of sp³-hybridized carbons (Fsp3) is 0.348. The van der Waals surface area contributed by atoms with E-state index in [2.05, 4.69) is 50.6 Å². The van der Waals surface area contributed by atoms with Gasteiger partial charge >= 0.3 is 0 Å². The Morgan fingerprint density at radius 1 is 1.18 bits per heavy atom. The average Bonchev–Trinajstić information content (AvgIpc) is 3.04. The predicted molar refractivity (Wildman–Crippen MR) is 111 cm³/mol. The third kappa shape index (κ3) is 4.04. The number of methoxy groups -OCH3 is 1. The SMILES string of the molecule is CCc1ccc([C@@H](CNC(=O)c2oc3ccc(OC)cc3c2C)[NH+](C)C)cc1. The van der Waals surface area contributed by atoms with Crippen LogP contribution in [0.4, 0.5) is 0 Å². The highest BCUT2D eigenvalue weighted by Gasteiger charge is 2.22. The molecule has 148 valence electrons. The van der Waals surface area contributed by atoms with E-state index in [1.54, 1.807) is 7.11 Å². The van der Waals surface area contributed by atoms with Crippen LogP contribution in [-0.2, 0) is 6.42 Å². The minimum absolute atomic E-state index is 0.166. The molecule has 0 radical (unpaired) electrons. The molecule has 0 aliphatic heterocycles. The van der Waals surface area contributed by atoms with Gasteiger partial charge in [-0.15, -0.1) is 0 Å². The van der Waals surface area contributed by atoms with Gasteiger partial charge in [0, 0.05) is 16.5 Å². The number of rotatable bonds is 7. The number of hydrogen-bond acceptors (Lipinski definition) is 3. The van der Waals surface area contributed by atoms with Gasteiger partial charge < -0.3 is 19.4 Å². The molecule has 0 aliphatic rings. The molecule has 5 heteroatoms. The van der Waals surface area contributed by atoms with Crippen LogP contribution in [-0.4, -0.2) is 33.7 Å². The standard InChI is InChI=1S/C23H28N2O3/c1-6-16-7-9-17(10-8-16)20(25(3)4)14-24-23(26)22-15(2)19-13-18(27-5)11-12-21(19)28-22/h7-13,20H,6,14H2,1-5H3,(H,24,26)/p+1/t20-/m1/s1. The molecule has 2 N–H and O–H groups in total. The van der Waals surface area contributed by atoms with Gasteiger partial charge in [-0.2, -0.15) is 0 Å². The average molecular weight is 381 g/mol. The van der Waals surface area contributed by atoms with Crippen LogP contribution in [0.25, 0.3) is 11.0 Å². The summed E-state index contributed by atoms with van der Waals surface area (Å²) in [6.45, 7) is 4.58. The van der Waals surface area contributed by atoms with Gasteiger partial charge in [0.2, 0.25) is 0 Å². The molecule has 2 aromatic carbocycles. The first-order chi connectivity index (χ1) is 13.4. The maximum absolute atomic E-state index is 12.8. The Labute approximate surface area is 166 Å². The second kappa shape index (κ2) is 8.48. The number of hydrogen-bond donors (Lipinski definition) is 2. The zero-order chi connectivity index (χ0) is 20.3. The first kappa shape index (κ1) is 20.0. The molecule has 5 nitrogen and oxygen atoms in total. The van der Waals surface area contributed by atoms with Gasteiger partial charge in [0.1, 0.15) is 17.4 Å². The van der Waals surface area contributed by atoms with Crippen LogP contribution < -0.4 is 15.0 Å². The van der Waals surface area contributed by atoms with Crippen molar-refractivity contribution >= 4 is 16.9 Å². The van der Waals surface area contributed by atoms with Crippen molar-refractivity contribution in [3.05, 3.63) is 64.9 Å². The van der Waals surface area contributed by atoms with Crippen LogP contribution in [0.2, 0.25) is 0 Å². The van der Waals surface area contributed by atoms with Gasteiger partial charge in [-0.25, -0.2) is 0 Å². The number of carbonyl (C=O) groups is 1. The predicted octanol–water partition coefficient (Wildman–Crippen LogP) is 2.93. The molecule has 1 aromatic heterocycles. The smallest absolute Gasteiger partial charge is 0.287 e. The van der Waals surface area contributed by atoms with Crippen LogP contribution in [0.1, 0.15) is 40.2 Å². The van der Waals surface area contributed by atoms with E-state index >= 15 is 0 Å². The molecule has 0 spiro atoms. The number of likely N-dealkylation sites (N-methyl/N-ethyl adjacent to an activating group) is 1. The molecule has 0 unspecified atom stereocenters. The lowest BCUT2D eigenvalue weighted by Gasteiger charge is -2.22. The molecule has 0 fully saturated rings. The Morgan fingerprint density at radius 3 is 2.50 bits per heavy atom. The largest absolute Gasteiger partial charge is 0.497 e. The van der Waals surface area contributed by atoms with E-state index < -0.39 is 0 Å². The van der Waals surface area contributed by atoms with Crippen molar-refractivity contribution in [2.75, 3.05) is 27.7 Å². The number of furan rings is 1. The number of fused-ring (bicyclic) bond motifs is 1. The monoisotopic (exact) mass is 381 g/mol. The maximum Gasteiger partial charge on any atom is 0.287 e. The molecule has 0 aliphatic carbocycles. The van der Waals surface area contributed by atoms with E-state index in [1.807, 2.05) is 25.1 Å². The number of amides is 1. The number of benzene rings is 2. The molecule has 1 atom stereocenters.